The Bertz CT molecular complexity index is 898. The molecule has 0 aromatic heterocycles. The fraction of sp³-hybridized carbons (Fsp3) is 0.158. The Morgan fingerprint density at radius 2 is 1.93 bits per heavy atom. The van der Waals surface area contributed by atoms with Crippen LogP contribution in [0.1, 0.15) is 34.0 Å². The van der Waals surface area contributed by atoms with Crippen molar-refractivity contribution in [2.45, 2.75) is 19.5 Å². The first kappa shape index (κ1) is 23.7. The molecule has 0 aliphatic rings. The van der Waals surface area contributed by atoms with Crippen molar-refractivity contribution in [3.8, 4) is 0 Å². The number of benzene rings is 2. The number of halogens is 5. The molecule has 0 heterocycles. The Labute approximate surface area is 169 Å². The molecule has 0 aliphatic carbocycles. The van der Waals surface area contributed by atoms with E-state index in [-0.39, 0.29) is 10.6 Å². The van der Waals surface area contributed by atoms with Crippen molar-refractivity contribution in [2.75, 3.05) is 0 Å². The minimum absolute atomic E-state index is 0.0631. The van der Waals surface area contributed by atoms with Crippen LogP contribution in [0.3, 0.4) is 0 Å². The molecule has 150 valence electrons. The third-order valence-electron chi connectivity index (χ3n) is 3.40. The number of aromatic carboxylic acids is 1. The Balaban J connectivity index is 0.000000283. The minimum Gasteiger partial charge on any atom is -0.478 e. The fourth-order valence-electron chi connectivity index (χ4n) is 2.03. The smallest absolute Gasteiger partial charge is 0.416 e. The van der Waals surface area contributed by atoms with E-state index in [0.29, 0.717) is 28.5 Å². The van der Waals surface area contributed by atoms with Crippen LogP contribution in [0.25, 0.3) is 4.91 Å². The van der Waals surface area contributed by atoms with Gasteiger partial charge in [0, 0.05) is 11.1 Å². The molecular formula is C19H16ClF4NO2S. The lowest BCUT2D eigenvalue weighted by Crippen LogP contribution is -2.06. The summed E-state index contributed by atoms with van der Waals surface area (Å²) in [6.45, 7) is 4.97. The van der Waals surface area contributed by atoms with Crippen LogP contribution in [0, 0.1) is 5.82 Å². The molecule has 2 rings (SSSR count). The summed E-state index contributed by atoms with van der Waals surface area (Å²) in [5.41, 5.74) is 0.186. The first-order valence-corrected chi connectivity index (χ1v) is 8.57. The molecule has 9 heteroatoms. The van der Waals surface area contributed by atoms with E-state index >= 15 is 0 Å². The molecule has 0 radical (unpaired) electrons. The van der Waals surface area contributed by atoms with Crippen LogP contribution in [-0.4, -0.2) is 17.8 Å². The average molecular weight is 434 g/mol. The van der Waals surface area contributed by atoms with Gasteiger partial charge in [-0.25, -0.2) is 9.18 Å². The van der Waals surface area contributed by atoms with E-state index in [1.807, 2.05) is 0 Å². The summed E-state index contributed by atoms with van der Waals surface area (Å²) in [4.78, 5) is 14.8. The highest BCUT2D eigenvalue weighted by atomic mass is 35.5. The van der Waals surface area contributed by atoms with Gasteiger partial charge in [0.05, 0.1) is 16.1 Å². The zero-order valence-corrected chi connectivity index (χ0v) is 16.2. The summed E-state index contributed by atoms with van der Waals surface area (Å²) in [5, 5.41) is 8.92. The largest absolute Gasteiger partial charge is 0.478 e. The molecule has 0 unspecified atom stereocenters. The van der Waals surface area contributed by atoms with Crippen molar-refractivity contribution < 1.29 is 27.5 Å². The molecule has 2 aromatic carbocycles. The molecule has 0 amide bonds. The van der Waals surface area contributed by atoms with Gasteiger partial charge in [0.2, 0.25) is 0 Å². The Morgan fingerprint density at radius 3 is 2.39 bits per heavy atom. The topological polar surface area (TPSA) is 49.7 Å². The number of rotatable bonds is 4. The molecule has 1 N–H and O–H groups in total. The number of carboxylic acids is 1. The zero-order valence-electron chi connectivity index (χ0n) is 14.6. The molecule has 0 atom stereocenters. The van der Waals surface area contributed by atoms with Crippen LogP contribution in [0.4, 0.5) is 17.6 Å². The van der Waals surface area contributed by atoms with Crippen LogP contribution in [0.2, 0.25) is 5.02 Å². The number of carbonyl (C=O) groups is 1. The van der Waals surface area contributed by atoms with Crippen LogP contribution >= 0.6 is 24.2 Å². The van der Waals surface area contributed by atoms with Gasteiger partial charge in [-0.15, -0.1) is 12.6 Å². The van der Waals surface area contributed by atoms with Crippen molar-refractivity contribution in [3.63, 3.8) is 0 Å². The number of thiol groups is 1. The van der Waals surface area contributed by atoms with E-state index in [1.165, 1.54) is 18.3 Å². The molecule has 0 saturated carbocycles. The second-order valence-electron chi connectivity index (χ2n) is 5.40. The maximum atomic E-state index is 12.6. The van der Waals surface area contributed by atoms with Gasteiger partial charge in [-0.3, -0.25) is 4.99 Å². The summed E-state index contributed by atoms with van der Waals surface area (Å²) >= 11 is 9.93. The van der Waals surface area contributed by atoms with Crippen molar-refractivity contribution in [2.24, 2.45) is 4.99 Å². The molecule has 0 aliphatic heterocycles. The maximum Gasteiger partial charge on any atom is 0.416 e. The Kier molecular flexibility index (Phi) is 8.71. The summed E-state index contributed by atoms with van der Waals surface area (Å²) < 4.78 is 49.0. The molecule has 3 nitrogen and oxygen atoms in total. The van der Waals surface area contributed by atoms with E-state index in [9.17, 15) is 22.4 Å². The number of hydrogen-bond donors (Lipinski definition) is 2. The summed E-state index contributed by atoms with van der Waals surface area (Å²) in [7, 11) is 0. The zero-order chi connectivity index (χ0) is 21.5. The normalized spacial score (nSPS) is 11.5. The quantitative estimate of drug-likeness (QED) is 0.334. The number of alkyl halides is 3. The summed E-state index contributed by atoms with van der Waals surface area (Å²) in [5.74, 6) is -1.90. The van der Waals surface area contributed by atoms with Crippen molar-refractivity contribution in [3.05, 3.63) is 75.7 Å². The van der Waals surface area contributed by atoms with Gasteiger partial charge in [-0.05, 0) is 54.6 Å². The van der Waals surface area contributed by atoms with Crippen LogP contribution in [0.5, 0.6) is 0 Å². The maximum absolute atomic E-state index is 12.6. The van der Waals surface area contributed by atoms with E-state index in [2.05, 4.69) is 24.3 Å². The van der Waals surface area contributed by atoms with Gasteiger partial charge in [0.25, 0.3) is 0 Å². The first-order chi connectivity index (χ1) is 13.0. The molecule has 0 saturated heterocycles. The van der Waals surface area contributed by atoms with Crippen molar-refractivity contribution in [1.29, 1.82) is 0 Å². The van der Waals surface area contributed by atoms with E-state index in [4.69, 9.17) is 16.7 Å². The highest BCUT2D eigenvalue weighted by Crippen LogP contribution is 2.30. The second kappa shape index (κ2) is 10.3. The number of aliphatic imine (C=N–C) groups is 1. The van der Waals surface area contributed by atoms with Gasteiger partial charge in [0.1, 0.15) is 5.82 Å². The monoisotopic (exact) mass is 433 g/mol. The average Bonchev–Trinajstić information content (AvgIpc) is 2.60. The lowest BCUT2D eigenvalue weighted by atomic mass is 10.1. The van der Waals surface area contributed by atoms with Crippen LogP contribution in [-0.2, 0) is 12.6 Å². The molecule has 0 bridgehead atoms. The molecular weight excluding hydrogens is 418 g/mol. The highest BCUT2D eigenvalue weighted by molar-refractivity contribution is 7.90. The SMILES string of the molecule is C=N/C=C(\S)c1ccc(C(=O)O)c(Cl)c1.CCc1cc(F)cc(C(F)(F)F)c1. The predicted octanol–water partition coefficient (Wildman–Crippen LogP) is 6.37. The summed E-state index contributed by atoms with van der Waals surface area (Å²) in [6.07, 6.45) is -2.62. The Hall–Kier alpha value is -2.32. The second-order valence-corrected chi connectivity index (χ2v) is 6.29. The first-order valence-electron chi connectivity index (χ1n) is 7.74. The van der Waals surface area contributed by atoms with Gasteiger partial charge in [-0.2, -0.15) is 13.2 Å². The van der Waals surface area contributed by atoms with Gasteiger partial charge >= 0.3 is 12.1 Å². The minimum atomic E-state index is -4.47. The van der Waals surface area contributed by atoms with Crippen LogP contribution in [0.15, 0.2) is 47.6 Å². The number of carboxylic acid groups (broad SMARTS) is 1. The lowest BCUT2D eigenvalue weighted by molar-refractivity contribution is -0.137. The number of hydrogen-bond acceptors (Lipinski definition) is 3. The lowest BCUT2D eigenvalue weighted by Gasteiger charge is -2.08. The number of aryl methyl sites for hydroxylation is 1. The molecule has 0 spiro atoms. The molecule has 28 heavy (non-hydrogen) atoms. The van der Waals surface area contributed by atoms with Gasteiger partial charge < -0.3 is 5.11 Å². The Morgan fingerprint density at radius 1 is 1.29 bits per heavy atom. The van der Waals surface area contributed by atoms with E-state index < -0.39 is 23.5 Å². The third kappa shape index (κ3) is 7.01. The third-order valence-corrected chi connectivity index (χ3v) is 4.09. The van der Waals surface area contributed by atoms with Crippen molar-refractivity contribution in [1.82, 2.24) is 0 Å². The van der Waals surface area contributed by atoms with Gasteiger partial charge in [-0.1, -0.05) is 24.6 Å². The van der Waals surface area contributed by atoms with Crippen molar-refractivity contribution >= 4 is 41.8 Å². The van der Waals surface area contributed by atoms with Crippen LogP contribution < -0.4 is 0 Å². The van der Waals surface area contributed by atoms with Gasteiger partial charge in [0.15, 0.2) is 0 Å². The highest BCUT2D eigenvalue weighted by Gasteiger charge is 2.31. The summed E-state index contributed by atoms with van der Waals surface area (Å²) in [6, 6.07) is 7.12. The fourth-order valence-corrected chi connectivity index (χ4v) is 2.51. The van der Waals surface area contributed by atoms with E-state index in [0.717, 1.165) is 12.1 Å². The number of nitrogens with zero attached hydrogens (tertiary/aromatic N) is 1. The molecule has 0 fully saturated rings. The predicted molar refractivity (Wildman–Crippen MR) is 106 cm³/mol. The molecule has 2 aromatic rings. The van der Waals surface area contributed by atoms with E-state index in [1.54, 1.807) is 13.0 Å². The standard InChI is InChI=1S/C10H8ClNO2S.C9H8F4/c1-12-5-9(15)6-2-3-7(10(13)14)8(11)4-6;1-2-6-3-7(9(11,12)13)5-8(10)4-6/h2-5,15H,1H2,(H,13,14);3-5H,2H2,1H3/b9-5-;.